The summed E-state index contributed by atoms with van der Waals surface area (Å²) in [6, 6.07) is 0. The van der Waals surface area contributed by atoms with Crippen LogP contribution in [0.25, 0.3) is 0 Å². The molecule has 110 valence electrons. The van der Waals surface area contributed by atoms with Crippen LogP contribution in [-0.2, 0) is 4.43 Å². The van der Waals surface area contributed by atoms with Crippen LogP contribution in [0.2, 0.25) is 18.1 Å². The van der Waals surface area contributed by atoms with Gasteiger partial charge in [0.15, 0.2) is 12.2 Å². The molecule has 19 heavy (non-hydrogen) atoms. The molecule has 0 aromatic carbocycles. The molecule has 0 aliphatic heterocycles. The van der Waals surface area contributed by atoms with Gasteiger partial charge in [0.25, 0.3) is 0 Å². The zero-order valence-electron chi connectivity index (χ0n) is 12.0. The van der Waals surface area contributed by atoms with E-state index in [1.807, 2.05) is 0 Å². The standard InChI is InChI=1S/C12H21Br2NO2SSi/c1-12(2,3)19(4,5)17-8(6-7-16)9-10(13)15-11(14)18-9/h8,16H,6-7H2,1-5H3/t8-/m0/s1. The van der Waals surface area contributed by atoms with E-state index in [0.717, 1.165) is 13.4 Å². The van der Waals surface area contributed by atoms with Crippen molar-refractivity contribution in [3.05, 3.63) is 13.4 Å². The van der Waals surface area contributed by atoms with E-state index in [2.05, 4.69) is 70.7 Å². The van der Waals surface area contributed by atoms with Crippen molar-refractivity contribution in [3.8, 4) is 0 Å². The molecule has 0 amide bonds. The number of aliphatic hydroxyl groups is 1. The van der Waals surface area contributed by atoms with Gasteiger partial charge in [-0.3, -0.25) is 0 Å². The third-order valence-electron chi connectivity index (χ3n) is 3.51. The smallest absolute Gasteiger partial charge is 0.192 e. The van der Waals surface area contributed by atoms with Crippen LogP contribution in [0.5, 0.6) is 0 Å². The van der Waals surface area contributed by atoms with Gasteiger partial charge in [0.05, 0.1) is 11.0 Å². The Balaban J connectivity index is 3.00. The fourth-order valence-corrected chi connectivity index (χ4v) is 5.24. The first-order chi connectivity index (χ1) is 8.58. The quantitative estimate of drug-likeness (QED) is 0.659. The minimum Gasteiger partial charge on any atom is -0.409 e. The number of hydrogen-bond acceptors (Lipinski definition) is 4. The van der Waals surface area contributed by atoms with Crippen molar-refractivity contribution in [2.24, 2.45) is 0 Å². The lowest BCUT2D eigenvalue weighted by Crippen LogP contribution is -2.41. The van der Waals surface area contributed by atoms with Gasteiger partial charge in [0, 0.05) is 13.0 Å². The first kappa shape index (κ1) is 17.8. The van der Waals surface area contributed by atoms with Gasteiger partial charge in [-0.2, -0.15) is 0 Å². The van der Waals surface area contributed by atoms with E-state index in [1.165, 1.54) is 0 Å². The molecule has 7 heteroatoms. The van der Waals surface area contributed by atoms with Crippen LogP contribution in [0.15, 0.2) is 8.52 Å². The summed E-state index contributed by atoms with van der Waals surface area (Å²) in [5.74, 6) is 0. The summed E-state index contributed by atoms with van der Waals surface area (Å²) in [6.45, 7) is 11.2. The first-order valence-corrected chi connectivity index (χ1v) is 11.5. The highest BCUT2D eigenvalue weighted by Crippen LogP contribution is 2.43. The molecule has 1 aromatic rings. The van der Waals surface area contributed by atoms with Crippen molar-refractivity contribution in [3.63, 3.8) is 0 Å². The Bertz CT molecular complexity index is 432. The summed E-state index contributed by atoms with van der Waals surface area (Å²) >= 11 is 8.42. The molecule has 0 aliphatic rings. The highest BCUT2D eigenvalue weighted by Gasteiger charge is 2.40. The highest BCUT2D eigenvalue weighted by atomic mass is 79.9. The Morgan fingerprint density at radius 2 is 1.95 bits per heavy atom. The number of aromatic nitrogens is 1. The van der Waals surface area contributed by atoms with E-state index in [9.17, 15) is 5.11 Å². The molecule has 0 bridgehead atoms. The normalized spacial score (nSPS) is 14.7. The molecule has 0 aliphatic carbocycles. The Morgan fingerprint density at radius 3 is 2.32 bits per heavy atom. The second-order valence-corrected chi connectivity index (χ2v) is 13.8. The Kier molecular flexibility index (Phi) is 6.23. The van der Waals surface area contributed by atoms with Gasteiger partial charge in [-0.15, -0.1) is 11.3 Å². The fourth-order valence-electron chi connectivity index (χ4n) is 1.38. The summed E-state index contributed by atoms with van der Waals surface area (Å²) < 4.78 is 8.06. The SMILES string of the molecule is CC(C)(C)[Si](C)(C)O[C@@H](CCO)c1sc(Br)nc1Br. The van der Waals surface area contributed by atoms with Crippen LogP contribution in [0.4, 0.5) is 0 Å². The molecule has 0 saturated carbocycles. The van der Waals surface area contributed by atoms with Crippen molar-refractivity contribution in [1.82, 2.24) is 4.98 Å². The summed E-state index contributed by atoms with van der Waals surface area (Å²) in [5.41, 5.74) is 0. The molecule has 1 atom stereocenters. The zero-order chi connectivity index (χ0) is 14.8. The minimum absolute atomic E-state index is 0.0935. The number of thiazole rings is 1. The van der Waals surface area contributed by atoms with Gasteiger partial charge < -0.3 is 9.53 Å². The molecule has 1 heterocycles. The average Bonchev–Trinajstić information content (AvgIpc) is 2.55. The number of hydrogen-bond donors (Lipinski definition) is 1. The topological polar surface area (TPSA) is 42.4 Å². The van der Waals surface area contributed by atoms with Crippen LogP contribution in [0.1, 0.15) is 38.2 Å². The Hall–Kier alpha value is 0.727. The molecular weight excluding hydrogens is 410 g/mol. The predicted molar refractivity (Wildman–Crippen MR) is 90.2 cm³/mol. The van der Waals surface area contributed by atoms with Gasteiger partial charge in [-0.05, 0) is 50.0 Å². The second kappa shape index (κ2) is 6.66. The molecule has 0 saturated heterocycles. The zero-order valence-corrected chi connectivity index (χ0v) is 16.9. The van der Waals surface area contributed by atoms with Crippen LogP contribution in [-0.4, -0.2) is 25.0 Å². The maximum absolute atomic E-state index is 9.29. The van der Waals surface area contributed by atoms with E-state index in [4.69, 9.17) is 4.43 Å². The molecule has 0 unspecified atom stereocenters. The lowest BCUT2D eigenvalue weighted by Gasteiger charge is -2.39. The van der Waals surface area contributed by atoms with Crippen LogP contribution >= 0.6 is 43.2 Å². The summed E-state index contributed by atoms with van der Waals surface area (Å²) in [4.78, 5) is 5.36. The number of halogens is 2. The number of aliphatic hydroxyl groups excluding tert-OH is 1. The van der Waals surface area contributed by atoms with E-state index >= 15 is 0 Å². The summed E-state index contributed by atoms with van der Waals surface area (Å²) in [7, 11) is -1.87. The number of rotatable bonds is 5. The lowest BCUT2D eigenvalue weighted by molar-refractivity contribution is 0.143. The van der Waals surface area contributed by atoms with Crippen molar-refractivity contribution in [2.45, 2.75) is 51.4 Å². The third kappa shape index (κ3) is 4.61. The van der Waals surface area contributed by atoms with Crippen molar-refractivity contribution in [2.75, 3.05) is 6.61 Å². The van der Waals surface area contributed by atoms with Gasteiger partial charge >= 0.3 is 0 Å². The summed E-state index contributed by atoms with van der Waals surface area (Å²) in [5, 5.41) is 9.44. The minimum atomic E-state index is -1.87. The van der Waals surface area contributed by atoms with E-state index in [-0.39, 0.29) is 17.7 Å². The Morgan fingerprint density at radius 1 is 1.37 bits per heavy atom. The van der Waals surface area contributed by atoms with Crippen molar-refractivity contribution >= 4 is 51.5 Å². The van der Waals surface area contributed by atoms with Gasteiger partial charge in [0.1, 0.15) is 4.60 Å². The van der Waals surface area contributed by atoms with Crippen LogP contribution in [0, 0.1) is 0 Å². The maximum atomic E-state index is 9.29. The Labute approximate surface area is 137 Å². The van der Waals surface area contributed by atoms with Gasteiger partial charge in [-0.1, -0.05) is 20.8 Å². The third-order valence-corrected chi connectivity index (χ3v) is 10.5. The molecular formula is C12H21Br2NO2SSi. The maximum Gasteiger partial charge on any atom is 0.192 e. The molecule has 1 aromatic heterocycles. The molecule has 3 nitrogen and oxygen atoms in total. The van der Waals surface area contributed by atoms with E-state index in [1.54, 1.807) is 11.3 Å². The van der Waals surface area contributed by atoms with E-state index in [0.29, 0.717) is 6.42 Å². The molecule has 1 N–H and O–H groups in total. The van der Waals surface area contributed by atoms with Crippen molar-refractivity contribution < 1.29 is 9.53 Å². The lowest BCUT2D eigenvalue weighted by atomic mass is 10.2. The van der Waals surface area contributed by atoms with Crippen LogP contribution < -0.4 is 0 Å². The summed E-state index contributed by atoms with van der Waals surface area (Å²) in [6.07, 6.45) is 0.504. The van der Waals surface area contributed by atoms with Crippen molar-refractivity contribution in [1.29, 1.82) is 0 Å². The van der Waals surface area contributed by atoms with Crippen LogP contribution in [0.3, 0.4) is 0 Å². The van der Waals surface area contributed by atoms with E-state index < -0.39 is 8.32 Å². The van der Waals surface area contributed by atoms with Gasteiger partial charge in [0.2, 0.25) is 0 Å². The second-order valence-electron chi connectivity index (χ2n) is 6.00. The highest BCUT2D eigenvalue weighted by molar-refractivity contribution is 9.11. The molecule has 1 rings (SSSR count). The van der Waals surface area contributed by atoms with Gasteiger partial charge in [-0.25, -0.2) is 4.98 Å². The largest absolute Gasteiger partial charge is 0.409 e. The molecule has 0 radical (unpaired) electrons. The molecule has 0 spiro atoms. The predicted octanol–water partition coefficient (Wildman–Crippen LogP) is 5.11. The number of nitrogens with zero attached hydrogens (tertiary/aromatic N) is 1. The monoisotopic (exact) mass is 429 g/mol. The average molecular weight is 431 g/mol. The first-order valence-electron chi connectivity index (χ1n) is 6.19. The fraction of sp³-hybridized carbons (Fsp3) is 0.750. The molecule has 0 fully saturated rings.